The summed E-state index contributed by atoms with van der Waals surface area (Å²) in [5, 5.41) is 11.0. The van der Waals surface area contributed by atoms with E-state index in [0.717, 1.165) is 0 Å². The van der Waals surface area contributed by atoms with Gasteiger partial charge in [-0.15, -0.1) is 5.10 Å². The first-order chi connectivity index (χ1) is 7.72. The third kappa shape index (κ3) is 1.96. The van der Waals surface area contributed by atoms with Crippen LogP contribution >= 0.6 is 11.8 Å². The summed E-state index contributed by atoms with van der Waals surface area (Å²) in [6.45, 7) is 0. The Kier molecular flexibility index (Phi) is 3.00. The van der Waals surface area contributed by atoms with Gasteiger partial charge in [0.15, 0.2) is 11.2 Å². The van der Waals surface area contributed by atoms with E-state index in [0.29, 0.717) is 21.9 Å². The molecule has 0 unspecified atom stereocenters. The van der Waals surface area contributed by atoms with Crippen molar-refractivity contribution < 1.29 is 4.79 Å². The molecule has 0 fully saturated rings. The Hall–Kier alpha value is -1.70. The van der Waals surface area contributed by atoms with Crippen LogP contribution in [0.1, 0.15) is 0 Å². The molecule has 0 bridgehead atoms. The van der Waals surface area contributed by atoms with Gasteiger partial charge in [0.2, 0.25) is 5.91 Å². The second-order valence-corrected chi connectivity index (χ2v) is 3.99. The van der Waals surface area contributed by atoms with Crippen LogP contribution in [-0.2, 0) is 11.8 Å². The normalized spacial score (nSPS) is 10.6. The maximum atomic E-state index is 11.1. The fourth-order valence-electron chi connectivity index (χ4n) is 1.14. The van der Waals surface area contributed by atoms with Gasteiger partial charge in [-0.3, -0.25) is 4.79 Å². The molecule has 0 aliphatic heterocycles. The molecule has 0 atom stereocenters. The summed E-state index contributed by atoms with van der Waals surface area (Å²) in [6, 6.07) is 0. The Morgan fingerprint density at radius 1 is 1.56 bits per heavy atom. The van der Waals surface area contributed by atoms with E-state index in [1.807, 2.05) is 0 Å². The second-order valence-electron chi connectivity index (χ2n) is 3.03. The zero-order valence-electron chi connectivity index (χ0n) is 8.84. The SMILES string of the molecule is CNC(=O)CSc1ncnc2c1nnn2C. The van der Waals surface area contributed by atoms with Gasteiger partial charge in [-0.2, -0.15) is 0 Å². The van der Waals surface area contributed by atoms with E-state index in [1.165, 1.54) is 18.1 Å². The van der Waals surface area contributed by atoms with Gasteiger partial charge in [-0.1, -0.05) is 17.0 Å². The van der Waals surface area contributed by atoms with Crippen molar-refractivity contribution >= 4 is 28.8 Å². The second kappa shape index (κ2) is 4.44. The van der Waals surface area contributed by atoms with Gasteiger partial charge in [0.1, 0.15) is 11.4 Å². The van der Waals surface area contributed by atoms with Gasteiger partial charge in [-0.25, -0.2) is 14.6 Å². The molecule has 1 amide bonds. The van der Waals surface area contributed by atoms with E-state index in [2.05, 4.69) is 25.6 Å². The summed E-state index contributed by atoms with van der Waals surface area (Å²) in [5.74, 6) is 0.250. The highest BCUT2D eigenvalue weighted by Crippen LogP contribution is 2.21. The molecule has 84 valence electrons. The standard InChI is InChI=1S/C8H10N6OS/c1-9-5(15)3-16-8-6-7(10-4-11-8)14(2)13-12-6/h4H,3H2,1-2H3,(H,9,15). The van der Waals surface area contributed by atoms with Crippen LogP contribution in [0.4, 0.5) is 0 Å². The molecular weight excluding hydrogens is 228 g/mol. The molecule has 8 heteroatoms. The summed E-state index contributed by atoms with van der Waals surface area (Å²) in [5.41, 5.74) is 1.29. The van der Waals surface area contributed by atoms with E-state index in [-0.39, 0.29) is 5.91 Å². The summed E-state index contributed by atoms with van der Waals surface area (Å²) in [4.78, 5) is 19.3. The minimum Gasteiger partial charge on any atom is -0.358 e. The number of thioether (sulfide) groups is 1. The van der Waals surface area contributed by atoms with Crippen molar-refractivity contribution in [1.82, 2.24) is 30.3 Å². The first-order valence-corrected chi connectivity index (χ1v) is 5.54. The van der Waals surface area contributed by atoms with E-state index in [4.69, 9.17) is 0 Å². The third-order valence-corrected chi connectivity index (χ3v) is 2.95. The quantitative estimate of drug-likeness (QED) is 0.578. The number of hydrogen-bond donors (Lipinski definition) is 1. The summed E-state index contributed by atoms with van der Waals surface area (Å²) in [7, 11) is 3.36. The Balaban J connectivity index is 2.27. The van der Waals surface area contributed by atoms with Crippen molar-refractivity contribution in [2.24, 2.45) is 7.05 Å². The highest BCUT2D eigenvalue weighted by atomic mass is 32.2. The molecular formula is C8H10N6OS. The van der Waals surface area contributed by atoms with Gasteiger partial charge in [0.25, 0.3) is 0 Å². The van der Waals surface area contributed by atoms with Crippen molar-refractivity contribution in [3.63, 3.8) is 0 Å². The van der Waals surface area contributed by atoms with Crippen molar-refractivity contribution in [3.8, 4) is 0 Å². The molecule has 2 aromatic rings. The summed E-state index contributed by atoms with van der Waals surface area (Å²) < 4.78 is 1.57. The molecule has 2 rings (SSSR count). The lowest BCUT2D eigenvalue weighted by atomic mass is 10.5. The molecule has 7 nitrogen and oxygen atoms in total. The van der Waals surface area contributed by atoms with Crippen LogP contribution in [0, 0.1) is 0 Å². The molecule has 2 heterocycles. The van der Waals surface area contributed by atoms with Gasteiger partial charge in [-0.05, 0) is 0 Å². The number of rotatable bonds is 3. The Labute approximate surface area is 95.6 Å². The number of aryl methyl sites for hydroxylation is 1. The predicted octanol–water partition coefficient (Wildman–Crippen LogP) is -0.404. The zero-order valence-corrected chi connectivity index (χ0v) is 9.65. The van der Waals surface area contributed by atoms with Crippen molar-refractivity contribution in [1.29, 1.82) is 0 Å². The number of amides is 1. The van der Waals surface area contributed by atoms with Crippen molar-refractivity contribution in [3.05, 3.63) is 6.33 Å². The molecule has 0 spiro atoms. The number of carbonyl (C=O) groups excluding carboxylic acids is 1. The molecule has 0 radical (unpaired) electrons. The average molecular weight is 238 g/mol. The summed E-state index contributed by atoms with van der Waals surface area (Å²) >= 11 is 1.32. The monoisotopic (exact) mass is 238 g/mol. The fourth-order valence-corrected chi connectivity index (χ4v) is 1.95. The lowest BCUT2D eigenvalue weighted by Gasteiger charge is -1.99. The topological polar surface area (TPSA) is 85.6 Å². The van der Waals surface area contributed by atoms with Crippen LogP contribution in [0.3, 0.4) is 0 Å². The first kappa shape index (κ1) is 10.8. The molecule has 0 saturated carbocycles. The maximum Gasteiger partial charge on any atom is 0.230 e. The number of hydrogen-bond acceptors (Lipinski definition) is 6. The molecule has 0 aliphatic carbocycles. The van der Waals surface area contributed by atoms with E-state index in [1.54, 1.807) is 18.8 Å². The van der Waals surface area contributed by atoms with Gasteiger partial charge in [0.05, 0.1) is 5.75 Å². The van der Waals surface area contributed by atoms with Crippen LogP contribution in [-0.4, -0.2) is 43.7 Å². The van der Waals surface area contributed by atoms with Crippen LogP contribution in [0.2, 0.25) is 0 Å². The highest BCUT2D eigenvalue weighted by molar-refractivity contribution is 8.00. The van der Waals surface area contributed by atoms with Crippen molar-refractivity contribution in [2.45, 2.75) is 5.03 Å². The number of fused-ring (bicyclic) bond motifs is 1. The van der Waals surface area contributed by atoms with E-state index in [9.17, 15) is 4.79 Å². The smallest absolute Gasteiger partial charge is 0.230 e. The number of nitrogens with one attached hydrogen (secondary N) is 1. The van der Waals surface area contributed by atoms with Gasteiger partial charge < -0.3 is 5.32 Å². The third-order valence-electron chi connectivity index (χ3n) is 1.97. The average Bonchev–Trinajstić information content (AvgIpc) is 2.69. The molecule has 1 N–H and O–H groups in total. The van der Waals surface area contributed by atoms with Crippen LogP contribution in [0.25, 0.3) is 11.2 Å². The molecule has 16 heavy (non-hydrogen) atoms. The zero-order chi connectivity index (χ0) is 11.5. The fraction of sp³-hybridized carbons (Fsp3) is 0.375. The number of carbonyl (C=O) groups is 1. The van der Waals surface area contributed by atoms with Crippen LogP contribution < -0.4 is 5.32 Å². The Morgan fingerprint density at radius 2 is 2.38 bits per heavy atom. The summed E-state index contributed by atoms with van der Waals surface area (Å²) in [6.07, 6.45) is 1.44. The number of nitrogens with zero attached hydrogens (tertiary/aromatic N) is 5. The minimum absolute atomic E-state index is 0.0550. The van der Waals surface area contributed by atoms with Crippen molar-refractivity contribution in [2.75, 3.05) is 12.8 Å². The first-order valence-electron chi connectivity index (χ1n) is 4.56. The van der Waals surface area contributed by atoms with Crippen LogP contribution in [0.5, 0.6) is 0 Å². The van der Waals surface area contributed by atoms with Crippen LogP contribution in [0.15, 0.2) is 11.4 Å². The maximum absolute atomic E-state index is 11.1. The van der Waals surface area contributed by atoms with Gasteiger partial charge in [0, 0.05) is 14.1 Å². The molecule has 2 aromatic heterocycles. The molecule has 0 aliphatic rings. The Bertz CT molecular complexity index is 524. The largest absolute Gasteiger partial charge is 0.358 e. The lowest BCUT2D eigenvalue weighted by Crippen LogP contribution is -2.19. The Morgan fingerprint density at radius 3 is 3.12 bits per heavy atom. The highest BCUT2D eigenvalue weighted by Gasteiger charge is 2.11. The van der Waals surface area contributed by atoms with E-state index < -0.39 is 0 Å². The van der Waals surface area contributed by atoms with E-state index >= 15 is 0 Å². The molecule has 0 aromatic carbocycles. The minimum atomic E-state index is -0.0550. The molecule has 0 saturated heterocycles. The number of aromatic nitrogens is 5. The lowest BCUT2D eigenvalue weighted by molar-refractivity contribution is -0.118. The van der Waals surface area contributed by atoms with Gasteiger partial charge >= 0.3 is 0 Å². The predicted molar refractivity (Wildman–Crippen MR) is 58.9 cm³/mol.